The molecule has 0 atom stereocenters. The monoisotopic (exact) mass is 283 g/mol. The van der Waals surface area contributed by atoms with Gasteiger partial charge in [-0.1, -0.05) is 12.1 Å². The summed E-state index contributed by atoms with van der Waals surface area (Å²) in [6.45, 7) is 2.62. The molecule has 0 bridgehead atoms. The van der Waals surface area contributed by atoms with Crippen LogP contribution in [0.1, 0.15) is 23.7 Å². The highest BCUT2D eigenvalue weighted by Crippen LogP contribution is 2.21. The van der Waals surface area contributed by atoms with Crippen molar-refractivity contribution in [3.8, 4) is 5.75 Å². The zero-order valence-electron chi connectivity index (χ0n) is 10.8. The number of Topliss-reactive ketones (excluding diaryl/α,β-unsaturated/α-hetero) is 1. The topological polar surface area (TPSA) is 63.7 Å². The van der Waals surface area contributed by atoms with Crippen molar-refractivity contribution in [2.75, 3.05) is 25.4 Å². The maximum absolute atomic E-state index is 12.2. The standard InChI is InChI=1S/C13H17NO4S/c1-2-18-13-7-4-3-6-11(13)12(15)10-14-8-5-9-19(14,16)17/h3-4,6-7H,2,5,8-10H2,1H3. The van der Waals surface area contributed by atoms with Crippen molar-refractivity contribution in [2.24, 2.45) is 0 Å². The first kappa shape index (κ1) is 14.0. The van der Waals surface area contributed by atoms with Gasteiger partial charge in [-0.05, 0) is 25.5 Å². The van der Waals surface area contributed by atoms with E-state index in [2.05, 4.69) is 0 Å². The molecule has 1 aromatic rings. The lowest BCUT2D eigenvalue weighted by molar-refractivity contribution is 0.0965. The van der Waals surface area contributed by atoms with Crippen molar-refractivity contribution in [3.05, 3.63) is 29.8 Å². The molecule has 1 saturated heterocycles. The maximum atomic E-state index is 12.2. The average Bonchev–Trinajstić information content (AvgIpc) is 2.70. The lowest BCUT2D eigenvalue weighted by Gasteiger charge is -2.14. The number of hydrogen-bond donors (Lipinski definition) is 0. The summed E-state index contributed by atoms with van der Waals surface area (Å²) >= 11 is 0. The molecular formula is C13H17NO4S. The summed E-state index contributed by atoms with van der Waals surface area (Å²) in [5.41, 5.74) is 0.437. The minimum absolute atomic E-state index is 0.105. The highest BCUT2D eigenvalue weighted by molar-refractivity contribution is 7.89. The number of carbonyl (C=O) groups is 1. The van der Waals surface area contributed by atoms with Gasteiger partial charge in [0.05, 0.1) is 24.5 Å². The largest absolute Gasteiger partial charge is 0.493 e. The first-order valence-corrected chi connectivity index (χ1v) is 7.88. The van der Waals surface area contributed by atoms with E-state index >= 15 is 0 Å². The van der Waals surface area contributed by atoms with Crippen LogP contribution in [0.25, 0.3) is 0 Å². The number of sulfonamides is 1. The summed E-state index contributed by atoms with van der Waals surface area (Å²) in [5, 5.41) is 0. The fourth-order valence-corrected chi connectivity index (χ4v) is 3.57. The summed E-state index contributed by atoms with van der Waals surface area (Å²) in [7, 11) is -3.24. The summed E-state index contributed by atoms with van der Waals surface area (Å²) in [6.07, 6.45) is 0.586. The highest BCUT2D eigenvalue weighted by Gasteiger charge is 2.30. The molecule has 2 rings (SSSR count). The molecule has 1 aromatic carbocycles. The van der Waals surface area contributed by atoms with Crippen LogP contribution in [0, 0.1) is 0 Å². The van der Waals surface area contributed by atoms with Gasteiger partial charge in [-0.15, -0.1) is 0 Å². The summed E-state index contributed by atoms with van der Waals surface area (Å²) in [4.78, 5) is 12.2. The smallest absolute Gasteiger partial charge is 0.214 e. The SMILES string of the molecule is CCOc1ccccc1C(=O)CN1CCCS1(=O)=O. The van der Waals surface area contributed by atoms with Gasteiger partial charge in [0.15, 0.2) is 5.78 Å². The molecule has 1 heterocycles. The minimum Gasteiger partial charge on any atom is -0.493 e. The van der Waals surface area contributed by atoms with E-state index in [1.54, 1.807) is 24.3 Å². The van der Waals surface area contributed by atoms with E-state index in [1.165, 1.54) is 4.31 Å². The maximum Gasteiger partial charge on any atom is 0.214 e. The number of ketones is 1. The predicted octanol–water partition coefficient (Wildman–Crippen LogP) is 1.30. The van der Waals surface area contributed by atoms with Gasteiger partial charge in [0.2, 0.25) is 10.0 Å². The van der Waals surface area contributed by atoms with Gasteiger partial charge >= 0.3 is 0 Å². The van der Waals surface area contributed by atoms with Crippen LogP contribution in [-0.4, -0.2) is 44.0 Å². The molecule has 0 aliphatic carbocycles. The molecule has 0 radical (unpaired) electrons. The average molecular weight is 283 g/mol. The number of nitrogens with zero attached hydrogens (tertiary/aromatic N) is 1. The predicted molar refractivity (Wildman–Crippen MR) is 71.9 cm³/mol. The van der Waals surface area contributed by atoms with Crippen molar-refractivity contribution in [2.45, 2.75) is 13.3 Å². The fourth-order valence-electron chi connectivity index (χ4n) is 2.09. The van der Waals surface area contributed by atoms with Crippen molar-refractivity contribution < 1.29 is 17.9 Å². The number of ether oxygens (including phenoxy) is 1. The third-order valence-corrected chi connectivity index (χ3v) is 4.91. The Morgan fingerprint density at radius 2 is 2.11 bits per heavy atom. The summed E-state index contributed by atoms with van der Waals surface area (Å²) < 4.78 is 30.0. The Hall–Kier alpha value is -1.40. The number of hydrogen-bond acceptors (Lipinski definition) is 4. The molecule has 1 aliphatic heterocycles. The number of carbonyl (C=O) groups excluding carboxylic acids is 1. The zero-order valence-corrected chi connectivity index (χ0v) is 11.6. The van der Waals surface area contributed by atoms with Crippen LogP contribution in [0.5, 0.6) is 5.75 Å². The quantitative estimate of drug-likeness (QED) is 0.764. The Morgan fingerprint density at radius 3 is 2.74 bits per heavy atom. The molecule has 0 N–H and O–H groups in total. The number of benzene rings is 1. The van der Waals surface area contributed by atoms with Crippen molar-refractivity contribution >= 4 is 15.8 Å². The normalized spacial score (nSPS) is 18.4. The van der Waals surface area contributed by atoms with E-state index in [-0.39, 0.29) is 18.1 Å². The van der Waals surface area contributed by atoms with Crippen molar-refractivity contribution in [1.82, 2.24) is 4.31 Å². The van der Waals surface area contributed by atoms with E-state index in [0.717, 1.165) is 0 Å². The molecule has 6 heteroatoms. The van der Waals surface area contributed by atoms with E-state index in [0.29, 0.717) is 30.9 Å². The van der Waals surface area contributed by atoms with Crippen LogP contribution in [0.15, 0.2) is 24.3 Å². The number of rotatable bonds is 5. The molecule has 0 saturated carbocycles. The fraction of sp³-hybridized carbons (Fsp3) is 0.462. The molecular weight excluding hydrogens is 266 g/mol. The van der Waals surface area contributed by atoms with Gasteiger partial charge in [-0.3, -0.25) is 4.79 Å². The van der Waals surface area contributed by atoms with Gasteiger partial charge in [0.1, 0.15) is 5.75 Å². The first-order valence-electron chi connectivity index (χ1n) is 6.27. The molecule has 104 valence electrons. The Bertz CT molecular complexity index is 568. The van der Waals surface area contributed by atoms with Crippen LogP contribution in [-0.2, 0) is 10.0 Å². The van der Waals surface area contributed by atoms with E-state index in [4.69, 9.17) is 4.74 Å². The van der Waals surface area contributed by atoms with Crippen LogP contribution < -0.4 is 4.74 Å². The van der Waals surface area contributed by atoms with Gasteiger partial charge in [-0.2, -0.15) is 4.31 Å². The second-order valence-corrected chi connectivity index (χ2v) is 6.44. The molecule has 0 aromatic heterocycles. The van der Waals surface area contributed by atoms with Crippen LogP contribution in [0.4, 0.5) is 0 Å². The van der Waals surface area contributed by atoms with Crippen LogP contribution in [0.3, 0.4) is 0 Å². The zero-order chi connectivity index (χ0) is 13.9. The molecule has 0 spiro atoms. The van der Waals surface area contributed by atoms with Crippen molar-refractivity contribution in [1.29, 1.82) is 0 Å². The molecule has 5 nitrogen and oxygen atoms in total. The van der Waals surface area contributed by atoms with E-state index in [9.17, 15) is 13.2 Å². The molecule has 1 aliphatic rings. The minimum atomic E-state index is -3.24. The van der Waals surface area contributed by atoms with Crippen LogP contribution >= 0.6 is 0 Å². The Morgan fingerprint density at radius 1 is 1.37 bits per heavy atom. The number of para-hydroxylation sites is 1. The second kappa shape index (κ2) is 5.71. The Balaban J connectivity index is 2.16. The molecule has 1 fully saturated rings. The van der Waals surface area contributed by atoms with Gasteiger partial charge in [0, 0.05) is 6.54 Å². The van der Waals surface area contributed by atoms with Crippen LogP contribution in [0.2, 0.25) is 0 Å². The lowest BCUT2D eigenvalue weighted by Crippen LogP contribution is -2.31. The summed E-state index contributed by atoms with van der Waals surface area (Å²) in [5.74, 6) is 0.411. The third kappa shape index (κ3) is 3.13. The van der Waals surface area contributed by atoms with Crippen molar-refractivity contribution in [3.63, 3.8) is 0 Å². The van der Waals surface area contributed by atoms with E-state index < -0.39 is 10.0 Å². The Labute approximate surface area is 113 Å². The van der Waals surface area contributed by atoms with Gasteiger partial charge in [-0.25, -0.2) is 8.42 Å². The van der Waals surface area contributed by atoms with E-state index in [1.807, 2.05) is 6.92 Å². The molecule has 19 heavy (non-hydrogen) atoms. The first-order chi connectivity index (χ1) is 9.04. The second-order valence-electron chi connectivity index (χ2n) is 4.36. The summed E-state index contributed by atoms with van der Waals surface area (Å²) in [6, 6.07) is 6.91. The highest BCUT2D eigenvalue weighted by atomic mass is 32.2. The third-order valence-electron chi connectivity index (χ3n) is 3.01. The lowest BCUT2D eigenvalue weighted by atomic mass is 10.1. The molecule has 0 unspecified atom stereocenters. The van der Waals surface area contributed by atoms with Gasteiger partial charge < -0.3 is 4.74 Å². The van der Waals surface area contributed by atoms with Gasteiger partial charge in [0.25, 0.3) is 0 Å². The Kier molecular flexibility index (Phi) is 4.21. The molecule has 0 amide bonds.